The maximum Gasteiger partial charge on any atom is 0.266 e. The molecular weight excluding hydrogens is 302 g/mol. The van der Waals surface area contributed by atoms with Gasteiger partial charge in [0.05, 0.1) is 22.2 Å². The lowest BCUT2D eigenvalue weighted by atomic mass is 10.0. The summed E-state index contributed by atoms with van der Waals surface area (Å²) in [6, 6.07) is 16.3. The first-order valence-corrected chi connectivity index (χ1v) is 7.54. The minimum atomic E-state index is -0.272. The summed E-state index contributed by atoms with van der Waals surface area (Å²) in [4.78, 5) is 30.2. The van der Waals surface area contributed by atoms with Crippen molar-refractivity contribution in [3.05, 3.63) is 76.3 Å². The predicted molar refractivity (Wildman–Crippen MR) is 92.7 cm³/mol. The number of carbonyl (C=O) groups excluding carboxylic acids is 1. The van der Waals surface area contributed by atoms with Crippen molar-refractivity contribution < 1.29 is 4.79 Å². The van der Waals surface area contributed by atoms with Gasteiger partial charge in [-0.2, -0.15) is 0 Å². The van der Waals surface area contributed by atoms with Crippen molar-refractivity contribution in [3.63, 3.8) is 0 Å². The fraction of sp³-hybridized carbons (Fsp3) is 0. The molecule has 5 heteroatoms. The average Bonchev–Trinajstić information content (AvgIpc) is 2.89. The zero-order chi connectivity index (χ0) is 16.4. The lowest BCUT2D eigenvalue weighted by Crippen LogP contribution is -2.21. The highest BCUT2D eigenvalue weighted by atomic mass is 16.1. The van der Waals surface area contributed by atoms with E-state index in [2.05, 4.69) is 4.98 Å². The van der Waals surface area contributed by atoms with Crippen molar-refractivity contribution in [2.24, 2.45) is 0 Å². The number of fused-ring (bicyclic) bond motifs is 6. The van der Waals surface area contributed by atoms with Crippen LogP contribution in [0.25, 0.3) is 27.4 Å². The Balaban J connectivity index is 2.02. The number of aromatic nitrogens is 2. The number of rotatable bonds is 0. The molecule has 0 radical (unpaired) electrons. The molecule has 3 aromatic carbocycles. The van der Waals surface area contributed by atoms with Gasteiger partial charge in [0, 0.05) is 11.1 Å². The second-order valence-electron chi connectivity index (χ2n) is 5.86. The molecule has 114 valence electrons. The molecule has 0 bridgehead atoms. The molecule has 1 aliphatic rings. The number of nitrogens with zero attached hydrogens (tertiary/aromatic N) is 2. The Morgan fingerprint density at radius 2 is 1.75 bits per heavy atom. The first-order chi connectivity index (χ1) is 11.6. The van der Waals surface area contributed by atoms with Crippen LogP contribution in [0.15, 0.2) is 59.4 Å². The lowest BCUT2D eigenvalue weighted by Gasteiger charge is -2.08. The van der Waals surface area contributed by atoms with Crippen LogP contribution in [0.4, 0.5) is 5.69 Å². The molecule has 0 aliphatic carbocycles. The second kappa shape index (κ2) is 4.29. The summed E-state index contributed by atoms with van der Waals surface area (Å²) >= 11 is 0. The normalized spacial score (nSPS) is 12.6. The van der Waals surface area contributed by atoms with E-state index in [1.165, 1.54) is 4.57 Å². The Bertz CT molecular complexity index is 1250. The molecule has 0 saturated heterocycles. The van der Waals surface area contributed by atoms with Crippen molar-refractivity contribution >= 4 is 33.1 Å². The van der Waals surface area contributed by atoms with E-state index in [4.69, 9.17) is 5.73 Å². The maximum atomic E-state index is 13.0. The Morgan fingerprint density at radius 1 is 0.917 bits per heavy atom. The van der Waals surface area contributed by atoms with Gasteiger partial charge in [-0.3, -0.25) is 14.2 Å². The minimum Gasteiger partial charge on any atom is -0.399 e. The van der Waals surface area contributed by atoms with Gasteiger partial charge < -0.3 is 5.73 Å². The largest absolute Gasteiger partial charge is 0.399 e. The zero-order valence-electron chi connectivity index (χ0n) is 12.5. The first kappa shape index (κ1) is 13.0. The second-order valence-corrected chi connectivity index (χ2v) is 5.86. The van der Waals surface area contributed by atoms with Crippen LogP contribution in [0.3, 0.4) is 0 Å². The van der Waals surface area contributed by atoms with Crippen LogP contribution in [0.5, 0.6) is 0 Å². The van der Waals surface area contributed by atoms with Crippen LogP contribution in [0.2, 0.25) is 0 Å². The molecule has 0 unspecified atom stereocenters. The quantitative estimate of drug-likeness (QED) is 0.446. The third kappa shape index (κ3) is 1.50. The maximum absolute atomic E-state index is 13.0. The molecule has 24 heavy (non-hydrogen) atoms. The number of hydrogen-bond acceptors (Lipinski definition) is 4. The fourth-order valence-electron chi connectivity index (χ4n) is 3.36. The Kier molecular flexibility index (Phi) is 2.33. The highest BCUT2D eigenvalue weighted by Gasteiger charge is 2.31. The highest BCUT2D eigenvalue weighted by Crippen LogP contribution is 2.32. The van der Waals surface area contributed by atoms with Crippen LogP contribution in [0.1, 0.15) is 16.2 Å². The number of benzene rings is 3. The highest BCUT2D eigenvalue weighted by molar-refractivity contribution is 6.17. The number of ketones is 1. The van der Waals surface area contributed by atoms with Crippen LogP contribution < -0.4 is 11.3 Å². The van der Waals surface area contributed by atoms with Gasteiger partial charge in [-0.25, -0.2) is 4.98 Å². The monoisotopic (exact) mass is 313 g/mol. The zero-order valence-corrected chi connectivity index (χ0v) is 12.5. The summed E-state index contributed by atoms with van der Waals surface area (Å²) in [6.07, 6.45) is 0. The molecular formula is C19H11N3O2. The van der Waals surface area contributed by atoms with Gasteiger partial charge in [-0.1, -0.05) is 30.3 Å². The predicted octanol–water partition coefficient (Wildman–Crippen LogP) is 2.67. The van der Waals surface area contributed by atoms with E-state index < -0.39 is 0 Å². The SMILES string of the molecule is Nc1ccc2nc3n(c(=O)c2c1)-c1c(ccc2ccccc12)C3=O. The van der Waals surface area contributed by atoms with E-state index in [-0.39, 0.29) is 17.2 Å². The molecule has 5 rings (SSSR count). The number of nitrogen functional groups attached to an aromatic ring is 1. The van der Waals surface area contributed by atoms with E-state index in [0.717, 1.165) is 10.8 Å². The lowest BCUT2D eigenvalue weighted by molar-refractivity contribution is 0.103. The summed E-state index contributed by atoms with van der Waals surface area (Å²) < 4.78 is 1.42. The number of hydrogen-bond donors (Lipinski definition) is 1. The average molecular weight is 313 g/mol. The molecule has 0 amide bonds. The number of anilines is 1. The van der Waals surface area contributed by atoms with Gasteiger partial charge in [0.1, 0.15) is 0 Å². The fourth-order valence-corrected chi connectivity index (χ4v) is 3.36. The molecule has 2 heterocycles. The molecule has 0 atom stereocenters. The Hall–Kier alpha value is -3.47. The van der Waals surface area contributed by atoms with Crippen molar-refractivity contribution in [1.82, 2.24) is 9.55 Å². The summed E-state index contributed by atoms with van der Waals surface area (Å²) in [5.74, 6) is -0.0739. The Morgan fingerprint density at radius 3 is 2.62 bits per heavy atom. The van der Waals surface area contributed by atoms with E-state index >= 15 is 0 Å². The summed E-state index contributed by atoms with van der Waals surface area (Å²) in [5.41, 5.74) is 7.61. The van der Waals surface area contributed by atoms with Gasteiger partial charge >= 0.3 is 0 Å². The van der Waals surface area contributed by atoms with Crippen molar-refractivity contribution in [2.75, 3.05) is 5.73 Å². The van der Waals surface area contributed by atoms with E-state index in [9.17, 15) is 9.59 Å². The molecule has 4 aromatic rings. The third-order valence-electron chi connectivity index (χ3n) is 4.46. The molecule has 0 saturated carbocycles. The third-order valence-corrected chi connectivity index (χ3v) is 4.46. The van der Waals surface area contributed by atoms with Gasteiger partial charge in [-0.05, 0) is 29.7 Å². The number of carbonyl (C=O) groups is 1. The van der Waals surface area contributed by atoms with Crippen LogP contribution in [0, 0.1) is 0 Å². The van der Waals surface area contributed by atoms with Crippen LogP contribution in [-0.2, 0) is 0 Å². The minimum absolute atomic E-state index is 0.156. The van der Waals surface area contributed by atoms with Crippen LogP contribution in [-0.4, -0.2) is 15.3 Å². The Labute approximate surface area is 136 Å². The van der Waals surface area contributed by atoms with Gasteiger partial charge in [-0.15, -0.1) is 0 Å². The topological polar surface area (TPSA) is 78.0 Å². The molecule has 0 fully saturated rings. The molecule has 2 N–H and O–H groups in total. The van der Waals surface area contributed by atoms with E-state index in [1.807, 2.05) is 30.3 Å². The molecule has 1 aliphatic heterocycles. The van der Waals surface area contributed by atoms with E-state index in [0.29, 0.717) is 27.8 Å². The summed E-state index contributed by atoms with van der Waals surface area (Å²) in [6.45, 7) is 0. The smallest absolute Gasteiger partial charge is 0.266 e. The van der Waals surface area contributed by atoms with Crippen LogP contribution >= 0.6 is 0 Å². The number of nitrogens with two attached hydrogens (primary N) is 1. The van der Waals surface area contributed by atoms with Crippen molar-refractivity contribution in [3.8, 4) is 5.69 Å². The van der Waals surface area contributed by atoms with Crippen molar-refractivity contribution in [1.29, 1.82) is 0 Å². The van der Waals surface area contributed by atoms with Gasteiger partial charge in [0.25, 0.3) is 5.56 Å². The summed E-state index contributed by atoms with van der Waals surface area (Å²) in [7, 11) is 0. The van der Waals surface area contributed by atoms with E-state index in [1.54, 1.807) is 24.3 Å². The van der Waals surface area contributed by atoms with Crippen molar-refractivity contribution in [2.45, 2.75) is 0 Å². The standard InChI is InChI=1S/C19H11N3O2/c20-11-6-8-15-14(9-11)19(24)22-16-12-4-2-1-3-10(12)5-7-13(16)17(23)18(22)21-15/h1-9H,20H2. The molecule has 5 nitrogen and oxygen atoms in total. The summed E-state index contributed by atoms with van der Waals surface area (Å²) in [5, 5.41) is 2.23. The van der Waals surface area contributed by atoms with Gasteiger partial charge in [0.2, 0.25) is 5.78 Å². The van der Waals surface area contributed by atoms with Gasteiger partial charge in [0.15, 0.2) is 5.82 Å². The molecule has 1 aromatic heterocycles. The first-order valence-electron chi connectivity index (χ1n) is 7.54. The molecule has 0 spiro atoms.